The zero-order chi connectivity index (χ0) is 25.6. The number of para-hydroxylation sites is 1. The number of hydrogen-bond donors (Lipinski definition) is 4. The van der Waals surface area contributed by atoms with Crippen LogP contribution in [0, 0.1) is 22.7 Å². The van der Waals surface area contributed by atoms with E-state index in [0.29, 0.717) is 38.8 Å². The SMILES string of the molecule is CCCNC(=O)O[C@H]1CC[C@@]2(C)[C@@H](CC[C@@H](O)[C@H]2CC(=O)NCc2ccccc2OC)[C@]1(C)CO. The number of ether oxygens (including phenoxy) is 2. The van der Waals surface area contributed by atoms with Crippen LogP contribution in [0.5, 0.6) is 5.75 Å². The van der Waals surface area contributed by atoms with E-state index in [4.69, 9.17) is 9.47 Å². The summed E-state index contributed by atoms with van der Waals surface area (Å²) in [6.45, 7) is 6.85. The lowest BCUT2D eigenvalue weighted by atomic mass is 9.46. The molecule has 1 aromatic carbocycles. The van der Waals surface area contributed by atoms with E-state index in [-0.39, 0.29) is 36.2 Å². The molecule has 0 bridgehead atoms. The Kier molecular flexibility index (Phi) is 9.05. The van der Waals surface area contributed by atoms with Gasteiger partial charge >= 0.3 is 6.09 Å². The number of benzene rings is 1. The number of fused-ring (bicyclic) bond motifs is 1. The van der Waals surface area contributed by atoms with E-state index in [1.54, 1.807) is 7.11 Å². The summed E-state index contributed by atoms with van der Waals surface area (Å²) >= 11 is 0. The molecule has 0 saturated heterocycles. The van der Waals surface area contributed by atoms with Gasteiger partial charge in [-0.3, -0.25) is 4.79 Å². The molecule has 2 amide bonds. The molecule has 3 rings (SSSR count). The van der Waals surface area contributed by atoms with Crippen molar-refractivity contribution in [2.45, 2.75) is 78.0 Å². The number of rotatable bonds is 9. The van der Waals surface area contributed by atoms with Gasteiger partial charge in [-0.05, 0) is 55.4 Å². The average molecular weight is 491 g/mol. The van der Waals surface area contributed by atoms with Gasteiger partial charge in [0.25, 0.3) is 0 Å². The monoisotopic (exact) mass is 490 g/mol. The van der Waals surface area contributed by atoms with Crippen LogP contribution in [0.2, 0.25) is 0 Å². The minimum absolute atomic E-state index is 0.00754. The van der Waals surface area contributed by atoms with Gasteiger partial charge in [-0.25, -0.2) is 4.79 Å². The Bertz CT molecular complexity index is 879. The second-order valence-electron chi connectivity index (χ2n) is 10.6. The number of aliphatic hydroxyl groups is 2. The second kappa shape index (κ2) is 11.6. The summed E-state index contributed by atoms with van der Waals surface area (Å²) in [6, 6.07) is 7.56. The van der Waals surface area contributed by atoms with Gasteiger partial charge in [-0.15, -0.1) is 0 Å². The number of amides is 2. The quantitative estimate of drug-likeness (QED) is 0.422. The van der Waals surface area contributed by atoms with Crippen LogP contribution in [-0.2, 0) is 16.1 Å². The van der Waals surface area contributed by atoms with Crippen LogP contribution in [0.25, 0.3) is 0 Å². The Balaban J connectivity index is 1.72. The maximum absolute atomic E-state index is 13.0. The predicted octanol–water partition coefficient (Wildman–Crippen LogP) is 3.39. The van der Waals surface area contributed by atoms with Crippen LogP contribution < -0.4 is 15.4 Å². The van der Waals surface area contributed by atoms with Gasteiger partial charge < -0.3 is 30.3 Å². The summed E-state index contributed by atoms with van der Waals surface area (Å²) in [5, 5.41) is 27.2. The topological polar surface area (TPSA) is 117 Å². The first-order chi connectivity index (χ1) is 16.7. The van der Waals surface area contributed by atoms with Gasteiger partial charge in [0, 0.05) is 30.5 Å². The highest BCUT2D eigenvalue weighted by Gasteiger charge is 2.60. The molecule has 2 aliphatic rings. The molecule has 6 atom stereocenters. The van der Waals surface area contributed by atoms with E-state index in [1.165, 1.54) is 0 Å². The molecule has 196 valence electrons. The van der Waals surface area contributed by atoms with E-state index in [9.17, 15) is 19.8 Å². The molecule has 1 aromatic rings. The lowest BCUT2D eigenvalue weighted by Gasteiger charge is -2.60. The van der Waals surface area contributed by atoms with Crippen LogP contribution in [0.4, 0.5) is 4.79 Å². The van der Waals surface area contributed by atoms with Gasteiger partial charge in [-0.2, -0.15) is 0 Å². The lowest BCUT2D eigenvalue weighted by molar-refractivity contribution is -0.186. The van der Waals surface area contributed by atoms with Crippen molar-refractivity contribution in [2.24, 2.45) is 22.7 Å². The van der Waals surface area contributed by atoms with Gasteiger partial charge in [-0.1, -0.05) is 39.0 Å². The molecular formula is C27H42N2O6. The Morgan fingerprint density at radius 1 is 1.14 bits per heavy atom. The Morgan fingerprint density at radius 3 is 2.57 bits per heavy atom. The standard InChI is InChI=1S/C27H42N2O6/c1-5-14-28-25(33)35-23-12-13-26(2)19(20(31)10-11-22(26)27(23,3)17-30)15-24(32)29-16-18-8-6-7-9-21(18)34-4/h6-9,19-20,22-23,30-31H,5,10-17H2,1-4H3,(H,28,33)(H,29,32)/t19-,20-,22-,23+,26-,27+/m1/s1. The maximum atomic E-state index is 13.0. The van der Waals surface area contributed by atoms with Gasteiger partial charge in [0.2, 0.25) is 5.91 Å². The van der Waals surface area contributed by atoms with E-state index in [0.717, 1.165) is 17.7 Å². The number of hydrogen-bond acceptors (Lipinski definition) is 6. The van der Waals surface area contributed by atoms with Crippen molar-refractivity contribution >= 4 is 12.0 Å². The fourth-order valence-electron chi connectivity index (χ4n) is 6.49. The molecule has 4 N–H and O–H groups in total. The largest absolute Gasteiger partial charge is 0.496 e. The van der Waals surface area contributed by atoms with Crippen LogP contribution in [0.1, 0.15) is 64.9 Å². The molecule has 0 radical (unpaired) electrons. The zero-order valence-electron chi connectivity index (χ0n) is 21.5. The number of carbonyl (C=O) groups is 2. The molecule has 0 aliphatic heterocycles. The Morgan fingerprint density at radius 2 is 1.89 bits per heavy atom. The Hall–Kier alpha value is -2.32. The molecule has 8 heteroatoms. The lowest BCUT2D eigenvalue weighted by Crippen LogP contribution is -2.61. The number of nitrogens with one attached hydrogen (secondary N) is 2. The van der Waals surface area contributed by atoms with E-state index in [2.05, 4.69) is 17.6 Å². The van der Waals surface area contributed by atoms with Gasteiger partial charge in [0.1, 0.15) is 11.9 Å². The van der Waals surface area contributed by atoms with Crippen molar-refractivity contribution in [1.29, 1.82) is 0 Å². The third-order valence-corrected chi connectivity index (χ3v) is 8.52. The third-order valence-electron chi connectivity index (χ3n) is 8.52. The molecule has 0 unspecified atom stereocenters. The molecule has 2 fully saturated rings. The maximum Gasteiger partial charge on any atom is 0.407 e. The van der Waals surface area contributed by atoms with Gasteiger partial charge in [0.05, 0.1) is 19.8 Å². The van der Waals surface area contributed by atoms with E-state index < -0.39 is 23.7 Å². The highest BCUT2D eigenvalue weighted by Crippen LogP contribution is 2.61. The van der Waals surface area contributed by atoms with E-state index in [1.807, 2.05) is 38.1 Å². The molecule has 2 aliphatic carbocycles. The van der Waals surface area contributed by atoms with Crippen LogP contribution in [0.3, 0.4) is 0 Å². The summed E-state index contributed by atoms with van der Waals surface area (Å²) in [7, 11) is 1.60. The average Bonchev–Trinajstić information content (AvgIpc) is 2.85. The molecule has 35 heavy (non-hydrogen) atoms. The normalized spacial score (nSPS) is 32.3. The van der Waals surface area contributed by atoms with Crippen LogP contribution >= 0.6 is 0 Å². The summed E-state index contributed by atoms with van der Waals surface area (Å²) < 4.78 is 11.2. The summed E-state index contributed by atoms with van der Waals surface area (Å²) in [5.41, 5.74) is -0.122. The highest BCUT2D eigenvalue weighted by atomic mass is 16.6. The molecular weight excluding hydrogens is 448 g/mol. The third kappa shape index (κ3) is 5.75. The van der Waals surface area contributed by atoms with Crippen molar-refractivity contribution in [3.05, 3.63) is 29.8 Å². The minimum Gasteiger partial charge on any atom is -0.496 e. The second-order valence-corrected chi connectivity index (χ2v) is 10.6. The number of aliphatic hydroxyl groups excluding tert-OH is 2. The first kappa shape index (κ1) is 27.3. The van der Waals surface area contributed by atoms with Crippen LogP contribution in [0.15, 0.2) is 24.3 Å². The van der Waals surface area contributed by atoms with Crippen molar-refractivity contribution in [1.82, 2.24) is 10.6 Å². The first-order valence-corrected chi connectivity index (χ1v) is 12.8. The summed E-state index contributed by atoms with van der Waals surface area (Å²) in [4.78, 5) is 25.3. The Labute approximate surface area is 208 Å². The molecule has 0 spiro atoms. The zero-order valence-corrected chi connectivity index (χ0v) is 21.5. The smallest absolute Gasteiger partial charge is 0.407 e. The number of alkyl carbamates (subject to hydrolysis) is 1. The fourth-order valence-corrected chi connectivity index (χ4v) is 6.49. The molecule has 2 saturated carbocycles. The number of methoxy groups -OCH3 is 1. The van der Waals surface area contributed by atoms with Crippen molar-refractivity contribution in [2.75, 3.05) is 20.3 Å². The first-order valence-electron chi connectivity index (χ1n) is 12.8. The van der Waals surface area contributed by atoms with E-state index >= 15 is 0 Å². The minimum atomic E-state index is -0.650. The van der Waals surface area contributed by atoms with Gasteiger partial charge in [0.15, 0.2) is 0 Å². The fraction of sp³-hybridized carbons (Fsp3) is 0.704. The van der Waals surface area contributed by atoms with Crippen molar-refractivity contribution in [3.8, 4) is 5.75 Å². The molecule has 0 heterocycles. The summed E-state index contributed by atoms with van der Waals surface area (Å²) in [6.07, 6.45) is 2.10. The molecule has 8 nitrogen and oxygen atoms in total. The summed E-state index contributed by atoms with van der Waals surface area (Å²) in [5.74, 6) is 0.357. The number of carbonyl (C=O) groups excluding carboxylic acids is 2. The predicted molar refractivity (Wildman–Crippen MR) is 133 cm³/mol. The highest BCUT2D eigenvalue weighted by molar-refractivity contribution is 5.76. The molecule has 0 aromatic heterocycles. The van der Waals surface area contributed by atoms with Crippen molar-refractivity contribution < 1.29 is 29.3 Å². The van der Waals surface area contributed by atoms with Crippen molar-refractivity contribution in [3.63, 3.8) is 0 Å². The van der Waals surface area contributed by atoms with Crippen LogP contribution in [-0.4, -0.2) is 54.7 Å².